The topological polar surface area (TPSA) is 50.2 Å². The van der Waals surface area contributed by atoms with Crippen LogP contribution in [-0.2, 0) is 6.54 Å². The summed E-state index contributed by atoms with van der Waals surface area (Å²) >= 11 is 1.53. The van der Waals surface area contributed by atoms with Crippen molar-refractivity contribution in [3.05, 3.63) is 52.5 Å². The maximum Gasteiger partial charge on any atom is 0.261 e. The van der Waals surface area contributed by atoms with Gasteiger partial charge in [0.1, 0.15) is 4.83 Å². The fourth-order valence-electron chi connectivity index (χ4n) is 3.69. The smallest absolute Gasteiger partial charge is 0.261 e. The van der Waals surface area contributed by atoms with Gasteiger partial charge in [0.2, 0.25) is 0 Å². The molecule has 0 atom stereocenters. The van der Waals surface area contributed by atoms with E-state index in [0.717, 1.165) is 47.0 Å². The standard InChI is InChI=1S/C21H26N4OS/c1-16-18-14-19(20(26)22-10-13-24-11-6-3-7-12-24)27-21(18)25(23-16)15-17-8-4-2-5-9-17/h2,4-5,8-9,14H,3,6-7,10-13,15H2,1H3,(H,22,26). The van der Waals surface area contributed by atoms with Gasteiger partial charge in [0.25, 0.3) is 5.91 Å². The Morgan fingerprint density at radius 1 is 1.19 bits per heavy atom. The zero-order valence-corrected chi connectivity index (χ0v) is 16.6. The Morgan fingerprint density at radius 3 is 2.74 bits per heavy atom. The number of amides is 1. The number of carbonyl (C=O) groups is 1. The van der Waals surface area contributed by atoms with E-state index in [9.17, 15) is 4.79 Å². The van der Waals surface area contributed by atoms with Gasteiger partial charge in [-0.25, -0.2) is 0 Å². The highest BCUT2D eigenvalue weighted by Crippen LogP contribution is 2.28. The Kier molecular flexibility index (Phi) is 5.55. The number of fused-ring (bicyclic) bond motifs is 1. The van der Waals surface area contributed by atoms with Crippen LogP contribution >= 0.6 is 11.3 Å². The molecular formula is C21H26N4OS. The van der Waals surface area contributed by atoms with Crippen molar-refractivity contribution in [1.29, 1.82) is 0 Å². The lowest BCUT2D eigenvalue weighted by molar-refractivity contribution is 0.0950. The molecule has 1 saturated heterocycles. The summed E-state index contributed by atoms with van der Waals surface area (Å²) in [5.41, 5.74) is 2.19. The number of hydrogen-bond donors (Lipinski definition) is 1. The molecule has 1 N–H and O–H groups in total. The molecule has 4 rings (SSSR count). The van der Waals surface area contributed by atoms with Crippen LogP contribution in [0.3, 0.4) is 0 Å². The first-order valence-electron chi connectivity index (χ1n) is 9.72. The van der Waals surface area contributed by atoms with Gasteiger partial charge in [-0.3, -0.25) is 9.48 Å². The van der Waals surface area contributed by atoms with E-state index in [-0.39, 0.29) is 5.91 Å². The van der Waals surface area contributed by atoms with Gasteiger partial charge in [-0.15, -0.1) is 11.3 Å². The SMILES string of the molecule is Cc1nn(Cc2ccccc2)c2sc(C(=O)NCCN3CCCCC3)cc12. The van der Waals surface area contributed by atoms with E-state index in [4.69, 9.17) is 0 Å². The fourth-order valence-corrected chi connectivity index (χ4v) is 4.76. The first kappa shape index (κ1) is 18.2. The lowest BCUT2D eigenvalue weighted by atomic mass is 10.1. The molecule has 0 bridgehead atoms. The number of aryl methyl sites for hydroxylation is 1. The molecule has 1 aliphatic rings. The molecule has 0 aliphatic carbocycles. The third-order valence-electron chi connectivity index (χ3n) is 5.17. The van der Waals surface area contributed by atoms with Crippen LogP contribution in [0.4, 0.5) is 0 Å². The van der Waals surface area contributed by atoms with Crippen LogP contribution in [-0.4, -0.2) is 46.8 Å². The van der Waals surface area contributed by atoms with Gasteiger partial charge in [-0.2, -0.15) is 5.10 Å². The number of carbonyl (C=O) groups excluding carboxylic acids is 1. The Labute approximate surface area is 164 Å². The number of rotatable bonds is 6. The second kappa shape index (κ2) is 8.23. The summed E-state index contributed by atoms with van der Waals surface area (Å²) in [6.45, 7) is 6.70. The van der Waals surface area contributed by atoms with Gasteiger partial charge >= 0.3 is 0 Å². The Morgan fingerprint density at radius 2 is 1.96 bits per heavy atom. The third-order valence-corrected chi connectivity index (χ3v) is 6.32. The molecule has 3 aromatic rings. The van der Waals surface area contributed by atoms with Gasteiger partial charge < -0.3 is 10.2 Å². The molecule has 142 valence electrons. The zero-order chi connectivity index (χ0) is 18.6. The molecule has 3 heterocycles. The summed E-state index contributed by atoms with van der Waals surface area (Å²) in [5, 5.41) is 8.82. The molecule has 0 unspecified atom stereocenters. The first-order valence-corrected chi connectivity index (χ1v) is 10.5. The van der Waals surface area contributed by atoms with Gasteiger partial charge in [-0.05, 0) is 44.5 Å². The molecule has 1 amide bonds. The van der Waals surface area contributed by atoms with E-state index in [2.05, 4.69) is 27.4 Å². The summed E-state index contributed by atoms with van der Waals surface area (Å²) in [7, 11) is 0. The number of benzene rings is 1. The molecule has 2 aromatic heterocycles. The van der Waals surface area contributed by atoms with Crippen molar-refractivity contribution in [2.24, 2.45) is 0 Å². The van der Waals surface area contributed by atoms with Crippen LogP contribution in [0.1, 0.15) is 40.2 Å². The van der Waals surface area contributed by atoms with Crippen molar-refractivity contribution < 1.29 is 4.79 Å². The maximum absolute atomic E-state index is 12.6. The number of nitrogens with zero attached hydrogens (tertiary/aromatic N) is 3. The number of aromatic nitrogens is 2. The van der Waals surface area contributed by atoms with Crippen LogP contribution in [0.2, 0.25) is 0 Å². The largest absolute Gasteiger partial charge is 0.350 e. The molecule has 0 radical (unpaired) electrons. The molecular weight excluding hydrogens is 356 g/mol. The Balaban J connectivity index is 1.43. The van der Waals surface area contributed by atoms with Gasteiger partial charge in [0.15, 0.2) is 0 Å². The summed E-state index contributed by atoms with van der Waals surface area (Å²) in [6, 6.07) is 12.3. The lowest BCUT2D eigenvalue weighted by Crippen LogP contribution is -2.37. The number of hydrogen-bond acceptors (Lipinski definition) is 4. The normalized spacial score (nSPS) is 15.3. The van der Waals surface area contributed by atoms with Crippen molar-refractivity contribution >= 4 is 27.5 Å². The highest BCUT2D eigenvalue weighted by molar-refractivity contribution is 7.20. The molecule has 0 spiro atoms. The van der Waals surface area contributed by atoms with Crippen molar-refractivity contribution in [2.45, 2.75) is 32.7 Å². The minimum absolute atomic E-state index is 0.0267. The molecule has 6 heteroatoms. The fraction of sp³-hybridized carbons (Fsp3) is 0.429. The van der Waals surface area contributed by atoms with Crippen LogP contribution in [0.15, 0.2) is 36.4 Å². The molecule has 5 nitrogen and oxygen atoms in total. The second-order valence-corrected chi connectivity index (χ2v) is 8.25. The van der Waals surface area contributed by atoms with Crippen molar-refractivity contribution in [2.75, 3.05) is 26.2 Å². The van der Waals surface area contributed by atoms with Crippen LogP contribution < -0.4 is 5.32 Å². The average Bonchev–Trinajstić information content (AvgIpc) is 3.25. The predicted octanol–water partition coefficient (Wildman–Crippen LogP) is 3.67. The summed E-state index contributed by atoms with van der Waals surface area (Å²) in [6.07, 6.45) is 3.90. The molecule has 1 fully saturated rings. The van der Waals surface area contributed by atoms with Crippen molar-refractivity contribution in [1.82, 2.24) is 20.0 Å². The average molecular weight is 383 g/mol. The van der Waals surface area contributed by atoms with Crippen LogP contribution in [0.25, 0.3) is 10.2 Å². The van der Waals surface area contributed by atoms with E-state index in [1.54, 1.807) is 0 Å². The van der Waals surface area contributed by atoms with E-state index in [0.29, 0.717) is 6.54 Å². The first-order chi connectivity index (χ1) is 13.2. The third kappa shape index (κ3) is 4.22. The zero-order valence-electron chi connectivity index (χ0n) is 15.8. The number of piperidine rings is 1. The minimum Gasteiger partial charge on any atom is -0.350 e. The highest BCUT2D eigenvalue weighted by atomic mass is 32.1. The minimum atomic E-state index is 0.0267. The van der Waals surface area contributed by atoms with E-state index >= 15 is 0 Å². The Bertz CT molecular complexity index is 909. The summed E-state index contributed by atoms with van der Waals surface area (Å²) in [5.74, 6) is 0.0267. The number of likely N-dealkylation sites (tertiary alicyclic amines) is 1. The molecule has 1 aromatic carbocycles. The van der Waals surface area contributed by atoms with E-state index in [1.807, 2.05) is 35.9 Å². The van der Waals surface area contributed by atoms with E-state index in [1.165, 1.54) is 36.2 Å². The van der Waals surface area contributed by atoms with Crippen molar-refractivity contribution in [3.63, 3.8) is 0 Å². The van der Waals surface area contributed by atoms with Crippen LogP contribution in [0, 0.1) is 6.92 Å². The quantitative estimate of drug-likeness (QED) is 0.708. The van der Waals surface area contributed by atoms with Gasteiger partial charge in [0, 0.05) is 18.5 Å². The van der Waals surface area contributed by atoms with Gasteiger partial charge in [-0.1, -0.05) is 36.8 Å². The van der Waals surface area contributed by atoms with Crippen LogP contribution in [0.5, 0.6) is 0 Å². The molecule has 1 aliphatic heterocycles. The number of thiophene rings is 1. The molecule has 0 saturated carbocycles. The Hall–Kier alpha value is -2.18. The highest BCUT2D eigenvalue weighted by Gasteiger charge is 2.17. The maximum atomic E-state index is 12.6. The predicted molar refractivity (Wildman–Crippen MR) is 111 cm³/mol. The second-order valence-electron chi connectivity index (χ2n) is 7.22. The summed E-state index contributed by atoms with van der Waals surface area (Å²) in [4.78, 5) is 16.9. The van der Waals surface area contributed by atoms with E-state index < -0.39 is 0 Å². The van der Waals surface area contributed by atoms with Gasteiger partial charge in [0.05, 0.1) is 17.1 Å². The number of nitrogens with one attached hydrogen (secondary N) is 1. The lowest BCUT2D eigenvalue weighted by Gasteiger charge is -2.26. The van der Waals surface area contributed by atoms with Crippen molar-refractivity contribution in [3.8, 4) is 0 Å². The molecule has 27 heavy (non-hydrogen) atoms. The monoisotopic (exact) mass is 382 g/mol. The summed E-state index contributed by atoms with van der Waals surface area (Å²) < 4.78 is 2.01.